The predicted octanol–water partition coefficient (Wildman–Crippen LogP) is 10.9. The van der Waals surface area contributed by atoms with Crippen LogP contribution in [0.1, 0.15) is 0 Å². The number of rotatable bonds is 8. The van der Waals surface area contributed by atoms with Gasteiger partial charge in [0.25, 0.3) is 0 Å². The van der Waals surface area contributed by atoms with E-state index in [9.17, 15) is 0 Å². The molecule has 0 amide bonds. The number of ether oxygens (including phenoxy) is 4. The van der Waals surface area contributed by atoms with Crippen LogP contribution in [0, 0.1) is 0 Å². The molecule has 7 aromatic heterocycles. The zero-order valence-electron chi connectivity index (χ0n) is 35.9. The average Bonchev–Trinajstić information content (AvgIpc) is 4.12. The molecule has 0 aliphatic carbocycles. The molecule has 9 heterocycles. The number of hydrogen-bond acceptors (Lipinski definition) is 14. The summed E-state index contributed by atoms with van der Waals surface area (Å²) in [5.74, 6) is 5.20. The molecule has 322 valence electrons. The molecule has 0 N–H and O–H groups in total. The van der Waals surface area contributed by atoms with Crippen LogP contribution >= 0.6 is 0 Å². The van der Waals surface area contributed by atoms with Crippen LogP contribution in [0.3, 0.4) is 0 Å². The van der Waals surface area contributed by atoms with Gasteiger partial charge < -0.3 is 48.9 Å². The predicted molar refractivity (Wildman–Crippen MR) is 251 cm³/mol. The van der Waals surface area contributed by atoms with E-state index in [0.717, 1.165) is 0 Å². The van der Waals surface area contributed by atoms with Gasteiger partial charge in [-0.05, 0) is 83.6 Å². The SMILES string of the molecule is [Zn+2].c1cncc(Oc2cccc3c2-c2nc-3nc3[n-]c(nc4nc(nc5[n-]c(n2)c2cccc(Oc6cccnc6)c52)-c2cccc(Oc5cccnc5)c2-4)c2cccc(Oc4cccnc4)c32)c1. The van der Waals surface area contributed by atoms with Gasteiger partial charge >= 0.3 is 19.5 Å². The van der Waals surface area contributed by atoms with E-state index in [4.69, 9.17) is 58.8 Å². The Hall–Kier alpha value is -9.34. The smallest absolute Gasteiger partial charge is 0.455 e. The van der Waals surface area contributed by atoms with Crippen LogP contribution in [-0.2, 0) is 19.5 Å². The molecule has 16 nitrogen and oxygen atoms in total. The Morgan fingerprint density at radius 2 is 0.667 bits per heavy atom. The molecule has 69 heavy (non-hydrogen) atoms. The van der Waals surface area contributed by atoms with E-state index in [0.29, 0.717) is 136 Å². The average molecular weight is 950 g/mol. The first-order valence-corrected chi connectivity index (χ1v) is 21.2. The third-order valence-corrected chi connectivity index (χ3v) is 11.1. The molecule has 4 aromatic carbocycles. The van der Waals surface area contributed by atoms with Gasteiger partial charge in [0.2, 0.25) is 0 Å². The Kier molecular flexibility index (Phi) is 10.2. The zero-order valence-corrected chi connectivity index (χ0v) is 38.8. The topological polar surface area (TPSA) is 194 Å². The van der Waals surface area contributed by atoms with Gasteiger partial charge in [0.15, 0.2) is 0 Å². The maximum Gasteiger partial charge on any atom is 2.00 e. The molecule has 0 saturated heterocycles. The number of benzene rings is 4. The first-order valence-electron chi connectivity index (χ1n) is 21.2. The van der Waals surface area contributed by atoms with E-state index in [-0.39, 0.29) is 19.5 Å². The van der Waals surface area contributed by atoms with Gasteiger partial charge in [-0.15, -0.1) is 0 Å². The van der Waals surface area contributed by atoms with Gasteiger partial charge in [-0.1, -0.05) is 48.5 Å². The Labute approximate surface area is 403 Å². The van der Waals surface area contributed by atoms with Gasteiger partial charge in [0.1, 0.15) is 46.0 Å². The van der Waals surface area contributed by atoms with Crippen molar-refractivity contribution < 1.29 is 38.4 Å². The van der Waals surface area contributed by atoms with Crippen molar-refractivity contribution in [2.24, 2.45) is 0 Å². The van der Waals surface area contributed by atoms with Crippen LogP contribution in [0.5, 0.6) is 46.0 Å². The minimum absolute atomic E-state index is 0. The Bertz CT molecular complexity index is 3680. The second-order valence-electron chi connectivity index (χ2n) is 15.4. The summed E-state index contributed by atoms with van der Waals surface area (Å²) in [7, 11) is 0. The molecule has 0 atom stereocenters. The molecule has 0 radical (unpaired) electrons. The number of aromatic nitrogens is 12. The van der Waals surface area contributed by atoms with Crippen LogP contribution in [0.4, 0.5) is 0 Å². The Balaban J connectivity index is 0.00000492. The molecule has 0 spiro atoms. The largest absolute Gasteiger partial charge is 2.00 e. The normalized spacial score (nSPS) is 11.4. The molecule has 8 bridgehead atoms. The Morgan fingerprint density at radius 3 is 1.04 bits per heavy atom. The van der Waals surface area contributed by atoms with Gasteiger partial charge in [0.05, 0.1) is 59.2 Å². The number of nitrogens with zero attached hydrogens (tertiary/aromatic N) is 12. The minimum Gasteiger partial charge on any atom is -0.455 e. The van der Waals surface area contributed by atoms with Crippen LogP contribution < -0.4 is 28.9 Å². The summed E-state index contributed by atoms with van der Waals surface area (Å²) in [5, 5.41) is 2.44. The van der Waals surface area contributed by atoms with E-state index in [1.54, 1.807) is 73.8 Å². The summed E-state index contributed by atoms with van der Waals surface area (Å²) in [6.07, 6.45) is 13.3. The molecular formula is C52H28N12O4Zn. The molecule has 2 aliphatic heterocycles. The van der Waals surface area contributed by atoms with Crippen LogP contribution in [0.2, 0.25) is 0 Å². The summed E-state index contributed by atoms with van der Waals surface area (Å²) in [4.78, 5) is 58.4. The van der Waals surface area contributed by atoms with Crippen molar-refractivity contribution in [1.29, 1.82) is 0 Å². The fourth-order valence-corrected chi connectivity index (χ4v) is 8.20. The second kappa shape index (κ2) is 17.1. The molecule has 11 aromatic rings. The van der Waals surface area contributed by atoms with Crippen molar-refractivity contribution in [3.63, 3.8) is 0 Å². The van der Waals surface area contributed by atoms with Gasteiger partial charge in [0, 0.05) is 69.3 Å². The number of hydrogen-bond donors (Lipinski definition) is 0. The maximum atomic E-state index is 6.49. The second-order valence-corrected chi connectivity index (χ2v) is 15.4. The van der Waals surface area contributed by atoms with Crippen molar-refractivity contribution in [1.82, 2.24) is 59.8 Å². The van der Waals surface area contributed by atoms with Crippen molar-refractivity contribution >= 4 is 44.1 Å². The van der Waals surface area contributed by atoms with Gasteiger partial charge in [-0.3, -0.25) is 19.9 Å². The first kappa shape index (κ1) is 41.1. The first-order chi connectivity index (χ1) is 33.7. The summed E-state index contributed by atoms with van der Waals surface area (Å²) >= 11 is 0. The van der Waals surface area contributed by atoms with E-state index < -0.39 is 0 Å². The fourth-order valence-electron chi connectivity index (χ4n) is 8.20. The molecule has 0 saturated carbocycles. The molecule has 13 rings (SSSR count). The quantitative estimate of drug-likeness (QED) is 0.130. The fraction of sp³-hybridized carbons (Fsp3) is 0. The number of pyridine rings is 4. The number of fused-ring (bicyclic) bond motifs is 20. The van der Waals surface area contributed by atoms with Crippen LogP contribution in [0.25, 0.3) is 89.7 Å². The van der Waals surface area contributed by atoms with E-state index >= 15 is 0 Å². The zero-order chi connectivity index (χ0) is 45.0. The molecule has 17 heteroatoms. The summed E-state index contributed by atoms with van der Waals surface area (Å²) in [6, 6.07) is 37.0. The van der Waals surface area contributed by atoms with E-state index in [1.165, 1.54) is 0 Å². The summed E-state index contributed by atoms with van der Waals surface area (Å²) in [6.45, 7) is 0. The van der Waals surface area contributed by atoms with Crippen molar-refractivity contribution in [3.8, 4) is 91.5 Å². The van der Waals surface area contributed by atoms with Crippen LogP contribution in [0.15, 0.2) is 171 Å². The van der Waals surface area contributed by atoms with Gasteiger partial charge in [-0.25, -0.2) is 9.97 Å². The van der Waals surface area contributed by atoms with Crippen LogP contribution in [-0.4, -0.2) is 49.8 Å². The van der Waals surface area contributed by atoms with E-state index in [1.807, 2.05) is 97.1 Å². The molecular weight excluding hydrogens is 922 g/mol. The third kappa shape index (κ3) is 7.48. The molecule has 0 fully saturated rings. The maximum absolute atomic E-state index is 6.49. The van der Waals surface area contributed by atoms with Gasteiger partial charge in [-0.2, -0.15) is 0 Å². The van der Waals surface area contributed by atoms with Crippen molar-refractivity contribution in [2.75, 3.05) is 0 Å². The van der Waals surface area contributed by atoms with Crippen molar-refractivity contribution in [2.45, 2.75) is 0 Å². The molecule has 0 unspecified atom stereocenters. The summed E-state index contributed by atoms with van der Waals surface area (Å²) < 4.78 is 26.0. The Morgan fingerprint density at radius 1 is 0.319 bits per heavy atom. The molecule has 2 aliphatic rings. The third-order valence-electron chi connectivity index (χ3n) is 11.1. The van der Waals surface area contributed by atoms with E-state index in [2.05, 4.69) is 19.9 Å². The van der Waals surface area contributed by atoms with Crippen molar-refractivity contribution in [3.05, 3.63) is 171 Å². The minimum atomic E-state index is 0. The summed E-state index contributed by atoms with van der Waals surface area (Å²) in [5.41, 5.74) is 3.66. The standard InChI is InChI=1S/C52H28N12O4.Zn/c1-13-33-41(37(17-1)65-29-9-5-21-53-25-29)49-57-45(33)61-50-42-34(14-2-18-38(42)66-30-10-6-22-54-26-30)47(58-50)63-52-44-36(16-4-20-40(44)68-32-12-8-24-56-28-32)48(60-52)64-51-43-35(46(59-51)62-49)15-3-19-39(43)67-31-11-7-23-55-27-31;/h1-28H;/q-2;+2. The monoisotopic (exact) mass is 948 g/mol.